The van der Waals surface area contributed by atoms with Gasteiger partial charge in [0.1, 0.15) is 5.52 Å². The molecule has 0 radical (unpaired) electrons. The molecular weight excluding hydrogens is 337 g/mol. The molecule has 0 aliphatic heterocycles. The van der Waals surface area contributed by atoms with Gasteiger partial charge in [0, 0.05) is 9.13 Å². The molecule has 3 heteroatoms. The molecule has 18 heavy (non-hydrogen) atoms. The fourth-order valence-corrected chi connectivity index (χ4v) is 2.26. The van der Waals surface area contributed by atoms with E-state index in [0.29, 0.717) is 5.89 Å². The lowest BCUT2D eigenvalue weighted by Crippen LogP contribution is -1.79. The van der Waals surface area contributed by atoms with Crippen molar-refractivity contribution in [1.82, 2.24) is 4.98 Å². The largest absolute Gasteiger partial charge is 0.436 e. The molecule has 0 bridgehead atoms. The average molecular weight is 349 g/mol. The Bertz CT molecular complexity index is 674. The Morgan fingerprint density at radius 2 is 1.67 bits per heavy atom. The van der Waals surface area contributed by atoms with Crippen molar-refractivity contribution in [2.75, 3.05) is 0 Å². The minimum atomic E-state index is 0.686. The summed E-state index contributed by atoms with van der Waals surface area (Å²) >= 11 is 2.29. The molecule has 3 aromatic rings. The third-order valence-corrected chi connectivity index (χ3v) is 3.81. The molecule has 3 rings (SSSR count). The summed E-state index contributed by atoms with van der Waals surface area (Å²) in [7, 11) is 0. The standard InChI is InChI=1S/C15H12INO/c1-9-7-13-14(8-10(9)2)18-15(17-13)11-3-5-12(16)6-4-11/h3-8H,1-2H3. The number of fused-ring (bicyclic) bond motifs is 1. The van der Waals surface area contributed by atoms with Crippen LogP contribution < -0.4 is 0 Å². The van der Waals surface area contributed by atoms with Crippen molar-refractivity contribution in [3.8, 4) is 11.5 Å². The summed E-state index contributed by atoms with van der Waals surface area (Å²) in [6.45, 7) is 4.18. The molecule has 1 aromatic heterocycles. The minimum Gasteiger partial charge on any atom is -0.436 e. The Hall–Kier alpha value is -1.36. The fourth-order valence-electron chi connectivity index (χ4n) is 1.90. The van der Waals surface area contributed by atoms with Crippen LogP contribution in [0.2, 0.25) is 0 Å². The van der Waals surface area contributed by atoms with Crippen LogP contribution in [0.4, 0.5) is 0 Å². The summed E-state index contributed by atoms with van der Waals surface area (Å²) in [4.78, 5) is 4.55. The number of oxazole rings is 1. The predicted molar refractivity (Wildman–Crippen MR) is 81.6 cm³/mol. The smallest absolute Gasteiger partial charge is 0.227 e. The molecule has 1 heterocycles. The van der Waals surface area contributed by atoms with Gasteiger partial charge >= 0.3 is 0 Å². The van der Waals surface area contributed by atoms with E-state index in [1.165, 1.54) is 14.7 Å². The molecule has 2 nitrogen and oxygen atoms in total. The van der Waals surface area contributed by atoms with E-state index in [1.54, 1.807) is 0 Å². The van der Waals surface area contributed by atoms with E-state index < -0.39 is 0 Å². The summed E-state index contributed by atoms with van der Waals surface area (Å²) in [5.74, 6) is 0.686. The van der Waals surface area contributed by atoms with Crippen LogP contribution in [-0.4, -0.2) is 4.98 Å². The molecule has 0 aliphatic rings. The van der Waals surface area contributed by atoms with Crippen molar-refractivity contribution in [1.29, 1.82) is 0 Å². The summed E-state index contributed by atoms with van der Waals surface area (Å²) in [6, 6.07) is 12.3. The average Bonchev–Trinajstić information content (AvgIpc) is 2.73. The molecule has 90 valence electrons. The molecular formula is C15H12INO. The quantitative estimate of drug-likeness (QED) is 0.595. The molecule has 0 fully saturated rings. The van der Waals surface area contributed by atoms with Crippen molar-refractivity contribution in [2.24, 2.45) is 0 Å². The second-order valence-electron chi connectivity index (χ2n) is 4.43. The Morgan fingerprint density at radius 3 is 2.39 bits per heavy atom. The summed E-state index contributed by atoms with van der Waals surface area (Å²) in [5.41, 5.74) is 5.26. The molecule has 0 saturated carbocycles. The lowest BCUT2D eigenvalue weighted by Gasteiger charge is -1.96. The van der Waals surface area contributed by atoms with E-state index in [-0.39, 0.29) is 0 Å². The Balaban J connectivity index is 2.16. The molecule has 0 unspecified atom stereocenters. The van der Waals surface area contributed by atoms with Gasteiger partial charge in [-0.3, -0.25) is 0 Å². The second-order valence-corrected chi connectivity index (χ2v) is 5.68. The number of aryl methyl sites for hydroxylation is 2. The molecule has 0 amide bonds. The Morgan fingerprint density at radius 1 is 1.00 bits per heavy atom. The van der Waals surface area contributed by atoms with E-state index >= 15 is 0 Å². The first-order valence-electron chi connectivity index (χ1n) is 5.77. The molecule has 0 saturated heterocycles. The van der Waals surface area contributed by atoms with Gasteiger partial charge in [-0.25, -0.2) is 4.98 Å². The van der Waals surface area contributed by atoms with E-state index in [4.69, 9.17) is 4.42 Å². The zero-order chi connectivity index (χ0) is 12.7. The fraction of sp³-hybridized carbons (Fsp3) is 0.133. The van der Waals surface area contributed by atoms with Crippen LogP contribution in [0.15, 0.2) is 40.8 Å². The maximum absolute atomic E-state index is 5.82. The first-order valence-corrected chi connectivity index (χ1v) is 6.85. The number of hydrogen-bond acceptors (Lipinski definition) is 2. The molecule has 2 aromatic carbocycles. The lowest BCUT2D eigenvalue weighted by molar-refractivity contribution is 0.619. The highest BCUT2D eigenvalue weighted by molar-refractivity contribution is 14.1. The van der Waals surface area contributed by atoms with Crippen molar-refractivity contribution in [3.63, 3.8) is 0 Å². The summed E-state index contributed by atoms with van der Waals surface area (Å²) in [6.07, 6.45) is 0. The topological polar surface area (TPSA) is 26.0 Å². The van der Waals surface area contributed by atoms with Crippen molar-refractivity contribution >= 4 is 33.7 Å². The highest BCUT2D eigenvalue weighted by Crippen LogP contribution is 2.26. The number of benzene rings is 2. The van der Waals surface area contributed by atoms with Crippen molar-refractivity contribution in [2.45, 2.75) is 13.8 Å². The highest BCUT2D eigenvalue weighted by Gasteiger charge is 2.09. The Labute approximate surface area is 119 Å². The van der Waals surface area contributed by atoms with Gasteiger partial charge in [0.05, 0.1) is 0 Å². The van der Waals surface area contributed by atoms with Crippen LogP contribution >= 0.6 is 22.6 Å². The predicted octanol–water partition coefficient (Wildman–Crippen LogP) is 4.72. The van der Waals surface area contributed by atoms with E-state index in [0.717, 1.165) is 16.7 Å². The highest BCUT2D eigenvalue weighted by atomic mass is 127. The van der Waals surface area contributed by atoms with Gasteiger partial charge in [-0.1, -0.05) is 0 Å². The van der Waals surface area contributed by atoms with Crippen molar-refractivity contribution in [3.05, 3.63) is 51.1 Å². The first-order chi connectivity index (χ1) is 8.63. The normalized spacial score (nSPS) is 11.1. The van der Waals surface area contributed by atoms with Gasteiger partial charge < -0.3 is 4.42 Å². The zero-order valence-corrected chi connectivity index (χ0v) is 12.4. The number of nitrogens with zero attached hydrogens (tertiary/aromatic N) is 1. The third-order valence-electron chi connectivity index (χ3n) is 3.10. The van der Waals surface area contributed by atoms with Crippen LogP contribution in [-0.2, 0) is 0 Å². The van der Waals surface area contributed by atoms with Gasteiger partial charge in [-0.2, -0.15) is 0 Å². The van der Waals surface area contributed by atoms with E-state index in [9.17, 15) is 0 Å². The maximum Gasteiger partial charge on any atom is 0.227 e. The van der Waals surface area contributed by atoms with Crippen molar-refractivity contribution < 1.29 is 4.42 Å². The SMILES string of the molecule is Cc1cc2nc(-c3ccc(I)cc3)oc2cc1C. The zero-order valence-electron chi connectivity index (χ0n) is 10.2. The van der Waals surface area contributed by atoms with Gasteiger partial charge in [0.25, 0.3) is 0 Å². The van der Waals surface area contributed by atoms with Crippen LogP contribution in [0, 0.1) is 17.4 Å². The summed E-state index contributed by atoms with van der Waals surface area (Å²) in [5, 5.41) is 0. The van der Waals surface area contributed by atoms with Gasteiger partial charge in [-0.15, -0.1) is 0 Å². The first kappa shape index (κ1) is 11.7. The molecule has 0 spiro atoms. The van der Waals surface area contributed by atoms with Crippen LogP contribution in [0.3, 0.4) is 0 Å². The molecule has 0 aliphatic carbocycles. The molecule has 0 atom stereocenters. The van der Waals surface area contributed by atoms with Crippen LogP contribution in [0.25, 0.3) is 22.6 Å². The van der Waals surface area contributed by atoms with Gasteiger partial charge in [0.15, 0.2) is 5.58 Å². The minimum absolute atomic E-state index is 0.686. The van der Waals surface area contributed by atoms with Gasteiger partial charge in [-0.05, 0) is 84.0 Å². The summed E-state index contributed by atoms with van der Waals surface area (Å²) < 4.78 is 7.02. The van der Waals surface area contributed by atoms with Gasteiger partial charge in [0.2, 0.25) is 5.89 Å². The van der Waals surface area contributed by atoms with Crippen LogP contribution in [0.1, 0.15) is 11.1 Å². The number of aromatic nitrogens is 1. The Kier molecular flexibility index (Phi) is 2.86. The maximum atomic E-state index is 5.82. The lowest BCUT2D eigenvalue weighted by atomic mass is 10.1. The monoisotopic (exact) mass is 349 g/mol. The molecule has 0 N–H and O–H groups in total. The number of rotatable bonds is 1. The van der Waals surface area contributed by atoms with E-state index in [1.807, 2.05) is 18.2 Å². The van der Waals surface area contributed by atoms with E-state index in [2.05, 4.69) is 59.6 Å². The second kappa shape index (κ2) is 4.39. The van der Waals surface area contributed by atoms with Crippen LogP contribution in [0.5, 0.6) is 0 Å². The number of halogens is 1. The number of hydrogen-bond donors (Lipinski definition) is 0. The third kappa shape index (κ3) is 2.03.